The van der Waals surface area contributed by atoms with Crippen LogP contribution < -0.4 is 5.73 Å². The molecule has 2 aromatic heterocycles. The van der Waals surface area contributed by atoms with Gasteiger partial charge in [-0.2, -0.15) is 10.1 Å². The van der Waals surface area contributed by atoms with Gasteiger partial charge in [-0.3, -0.25) is 0 Å². The van der Waals surface area contributed by atoms with Gasteiger partial charge in [0.2, 0.25) is 5.95 Å². The number of anilines is 1. The monoisotopic (exact) mass is 401 g/mol. The summed E-state index contributed by atoms with van der Waals surface area (Å²) in [5.74, 6) is -0.0598. The van der Waals surface area contributed by atoms with E-state index in [-0.39, 0.29) is 11.7 Å². The molecule has 1 saturated carbocycles. The summed E-state index contributed by atoms with van der Waals surface area (Å²) in [4.78, 5) is 8.41. The van der Waals surface area contributed by atoms with E-state index in [9.17, 15) is 0 Å². The number of nitrogens with two attached hydrogens (primary N) is 1. The fraction of sp³-hybridized carbons (Fsp3) is 0.615. The van der Waals surface area contributed by atoms with Crippen molar-refractivity contribution in [1.29, 1.82) is 0 Å². The lowest BCUT2D eigenvalue weighted by Gasteiger charge is -2.35. The number of rotatable bonds is 1. The van der Waals surface area contributed by atoms with Crippen molar-refractivity contribution in [2.75, 3.05) is 18.9 Å². The molecule has 1 spiro atoms. The second-order valence-corrected chi connectivity index (χ2v) is 6.56. The number of aromatic nitrogens is 4. The molecule has 2 fully saturated rings. The lowest BCUT2D eigenvalue weighted by Crippen LogP contribution is -2.36. The summed E-state index contributed by atoms with van der Waals surface area (Å²) in [6.45, 7) is 1.41. The van der Waals surface area contributed by atoms with Crippen molar-refractivity contribution in [3.8, 4) is 0 Å². The zero-order valence-electron chi connectivity index (χ0n) is 11.5. The normalized spacial score (nSPS) is 22.3. The second-order valence-electron chi connectivity index (χ2n) is 5.54. The van der Waals surface area contributed by atoms with Crippen LogP contribution in [-0.4, -0.2) is 38.7 Å². The number of hydrogen-bond donors (Lipinski definition) is 1. The van der Waals surface area contributed by atoms with Crippen LogP contribution in [0.1, 0.15) is 31.7 Å². The van der Waals surface area contributed by atoms with E-state index in [1.807, 2.05) is 4.68 Å². The van der Waals surface area contributed by atoms with Crippen molar-refractivity contribution >= 4 is 39.6 Å². The van der Waals surface area contributed by atoms with E-state index in [1.165, 1.54) is 0 Å². The maximum atomic E-state index is 5.78. The maximum absolute atomic E-state index is 5.78. The first-order valence-corrected chi connectivity index (χ1v) is 8.19. The van der Waals surface area contributed by atoms with Crippen molar-refractivity contribution in [2.24, 2.45) is 0 Å². The third-order valence-electron chi connectivity index (χ3n) is 4.30. The minimum absolute atomic E-state index is 0.287. The number of nitrogens with zero attached hydrogens (tertiary/aromatic N) is 4. The molecule has 1 saturated heterocycles. The molecule has 4 rings (SSSR count). The standard InChI is InChI=1S/C13H16IN5O2/c14-10-9-7-16-12(15)17-11(9)19(18-10)8-1-3-13(4-2-8)20-5-6-21-13/h7-8H,1-6H2,(H2,15,16,17). The molecule has 2 N–H and O–H groups in total. The summed E-state index contributed by atoms with van der Waals surface area (Å²) in [5, 5.41) is 5.59. The summed E-state index contributed by atoms with van der Waals surface area (Å²) >= 11 is 2.22. The summed E-state index contributed by atoms with van der Waals surface area (Å²) in [6.07, 6.45) is 5.48. The third-order valence-corrected chi connectivity index (χ3v) is 5.10. The highest BCUT2D eigenvalue weighted by molar-refractivity contribution is 14.1. The van der Waals surface area contributed by atoms with Gasteiger partial charge in [0.25, 0.3) is 0 Å². The predicted molar refractivity (Wildman–Crippen MR) is 84.6 cm³/mol. The Morgan fingerprint density at radius 1 is 1.29 bits per heavy atom. The molecule has 0 radical (unpaired) electrons. The van der Waals surface area contributed by atoms with Gasteiger partial charge in [-0.05, 0) is 35.4 Å². The molecule has 112 valence electrons. The molecule has 1 aliphatic heterocycles. The third kappa shape index (κ3) is 2.29. The van der Waals surface area contributed by atoms with Gasteiger partial charge in [-0.25, -0.2) is 9.67 Å². The molecule has 0 amide bonds. The van der Waals surface area contributed by atoms with Crippen LogP contribution in [0.25, 0.3) is 11.0 Å². The van der Waals surface area contributed by atoms with Crippen LogP contribution >= 0.6 is 22.6 Å². The number of nitrogen functional groups attached to an aromatic ring is 1. The number of hydrogen-bond acceptors (Lipinski definition) is 6. The minimum Gasteiger partial charge on any atom is -0.368 e. The molecule has 7 nitrogen and oxygen atoms in total. The minimum atomic E-state index is -0.347. The molecule has 0 atom stereocenters. The predicted octanol–water partition coefficient (Wildman–Crippen LogP) is 1.87. The van der Waals surface area contributed by atoms with E-state index >= 15 is 0 Å². The molecule has 1 aliphatic carbocycles. The number of halogens is 1. The van der Waals surface area contributed by atoms with Crippen LogP contribution in [0.5, 0.6) is 0 Å². The van der Waals surface area contributed by atoms with Crippen LogP contribution in [0.4, 0.5) is 5.95 Å². The number of ether oxygens (including phenoxy) is 2. The first-order chi connectivity index (χ1) is 10.2. The molecule has 0 unspecified atom stereocenters. The molecule has 0 aromatic carbocycles. The molecule has 2 aliphatic rings. The van der Waals surface area contributed by atoms with E-state index in [2.05, 4.69) is 37.7 Å². The van der Waals surface area contributed by atoms with Crippen LogP contribution in [-0.2, 0) is 9.47 Å². The Kier molecular flexibility index (Phi) is 3.27. The molecule has 0 bridgehead atoms. The van der Waals surface area contributed by atoms with E-state index in [0.717, 1.165) is 40.4 Å². The van der Waals surface area contributed by atoms with Crippen molar-refractivity contribution in [3.63, 3.8) is 0 Å². The second kappa shape index (κ2) is 5.03. The number of fused-ring (bicyclic) bond motifs is 1. The zero-order valence-corrected chi connectivity index (χ0v) is 13.6. The smallest absolute Gasteiger partial charge is 0.222 e. The molecule has 8 heteroatoms. The zero-order chi connectivity index (χ0) is 14.4. The highest BCUT2D eigenvalue weighted by Crippen LogP contribution is 2.41. The van der Waals surface area contributed by atoms with Gasteiger partial charge in [0, 0.05) is 19.0 Å². The largest absolute Gasteiger partial charge is 0.368 e. The Morgan fingerprint density at radius 2 is 2.00 bits per heavy atom. The molecule has 21 heavy (non-hydrogen) atoms. The SMILES string of the molecule is Nc1ncc2c(I)nn(C3CCC4(CC3)OCCO4)c2n1. The molecule has 3 heterocycles. The van der Waals surface area contributed by atoms with Gasteiger partial charge >= 0.3 is 0 Å². The average molecular weight is 401 g/mol. The van der Waals surface area contributed by atoms with E-state index in [0.29, 0.717) is 19.3 Å². The van der Waals surface area contributed by atoms with E-state index < -0.39 is 0 Å². The Morgan fingerprint density at radius 3 is 2.71 bits per heavy atom. The Balaban J connectivity index is 1.64. The first-order valence-electron chi connectivity index (χ1n) is 7.11. The van der Waals surface area contributed by atoms with Crippen molar-refractivity contribution in [3.05, 3.63) is 9.90 Å². The quantitative estimate of drug-likeness (QED) is 0.735. The van der Waals surface area contributed by atoms with Crippen LogP contribution in [0, 0.1) is 3.70 Å². The van der Waals surface area contributed by atoms with Gasteiger partial charge < -0.3 is 15.2 Å². The van der Waals surface area contributed by atoms with Crippen LogP contribution in [0.2, 0.25) is 0 Å². The fourth-order valence-electron chi connectivity index (χ4n) is 3.23. The van der Waals surface area contributed by atoms with Crippen LogP contribution in [0.15, 0.2) is 6.20 Å². The van der Waals surface area contributed by atoms with Crippen molar-refractivity contribution in [2.45, 2.75) is 37.5 Å². The van der Waals surface area contributed by atoms with E-state index in [1.54, 1.807) is 6.20 Å². The van der Waals surface area contributed by atoms with Gasteiger partial charge in [-0.15, -0.1) is 0 Å². The average Bonchev–Trinajstić information content (AvgIpc) is 3.06. The lowest BCUT2D eigenvalue weighted by atomic mass is 9.90. The van der Waals surface area contributed by atoms with Gasteiger partial charge in [-0.1, -0.05) is 0 Å². The van der Waals surface area contributed by atoms with Crippen LogP contribution in [0.3, 0.4) is 0 Å². The Bertz CT molecular complexity index is 672. The molecular weight excluding hydrogens is 385 g/mol. The lowest BCUT2D eigenvalue weighted by molar-refractivity contribution is -0.181. The van der Waals surface area contributed by atoms with E-state index in [4.69, 9.17) is 15.2 Å². The summed E-state index contributed by atoms with van der Waals surface area (Å²) < 4.78 is 14.5. The highest BCUT2D eigenvalue weighted by atomic mass is 127. The summed E-state index contributed by atoms with van der Waals surface area (Å²) in [6, 6.07) is 0.309. The van der Waals surface area contributed by atoms with Gasteiger partial charge in [0.05, 0.1) is 24.6 Å². The fourth-order valence-corrected chi connectivity index (χ4v) is 3.84. The van der Waals surface area contributed by atoms with Gasteiger partial charge in [0.15, 0.2) is 11.4 Å². The molecular formula is C13H16IN5O2. The molecule has 2 aromatic rings. The van der Waals surface area contributed by atoms with Crippen molar-refractivity contribution < 1.29 is 9.47 Å². The summed E-state index contributed by atoms with van der Waals surface area (Å²) in [5.41, 5.74) is 6.54. The highest BCUT2D eigenvalue weighted by Gasteiger charge is 2.41. The first kappa shape index (κ1) is 13.6. The Labute approximate surface area is 135 Å². The van der Waals surface area contributed by atoms with Gasteiger partial charge in [0.1, 0.15) is 3.70 Å². The Hall–Kier alpha value is -1.00. The topological polar surface area (TPSA) is 88.1 Å². The maximum Gasteiger partial charge on any atom is 0.222 e. The van der Waals surface area contributed by atoms with Crippen molar-refractivity contribution in [1.82, 2.24) is 19.7 Å². The summed E-state index contributed by atoms with van der Waals surface area (Å²) in [7, 11) is 0.